The van der Waals surface area contributed by atoms with Crippen molar-refractivity contribution in [3.05, 3.63) is 35.1 Å². The zero-order valence-electron chi connectivity index (χ0n) is 11.5. The molecule has 0 aliphatic heterocycles. The SMILES string of the molecule is CCOc1c(OC)cccc1-c1nc(Cl)cc(C(=O)O)n1. The summed E-state index contributed by atoms with van der Waals surface area (Å²) >= 11 is 5.86. The average molecular weight is 309 g/mol. The molecule has 1 aromatic heterocycles. The molecule has 1 N–H and O–H groups in total. The lowest BCUT2D eigenvalue weighted by Gasteiger charge is -2.13. The summed E-state index contributed by atoms with van der Waals surface area (Å²) in [6.45, 7) is 2.25. The standard InChI is InChI=1S/C14H13ClN2O4/c1-3-21-12-8(5-4-6-10(12)20-2)13-16-9(14(18)19)7-11(15)17-13/h4-7H,3H2,1-2H3,(H,18,19). The Bertz CT molecular complexity index is 676. The van der Waals surface area contributed by atoms with Crippen molar-refractivity contribution in [3.63, 3.8) is 0 Å². The van der Waals surface area contributed by atoms with E-state index in [1.54, 1.807) is 18.2 Å². The molecule has 0 fully saturated rings. The number of nitrogens with zero attached hydrogens (tertiary/aromatic N) is 2. The average Bonchev–Trinajstić information content (AvgIpc) is 2.47. The fraction of sp³-hybridized carbons (Fsp3) is 0.214. The maximum Gasteiger partial charge on any atom is 0.354 e. The van der Waals surface area contributed by atoms with Crippen molar-refractivity contribution in [2.24, 2.45) is 0 Å². The van der Waals surface area contributed by atoms with Gasteiger partial charge in [-0.1, -0.05) is 17.7 Å². The molecule has 0 aliphatic rings. The van der Waals surface area contributed by atoms with E-state index in [0.29, 0.717) is 23.7 Å². The highest BCUT2D eigenvalue weighted by atomic mass is 35.5. The van der Waals surface area contributed by atoms with Crippen molar-refractivity contribution in [3.8, 4) is 22.9 Å². The van der Waals surface area contributed by atoms with Crippen LogP contribution in [0.1, 0.15) is 17.4 Å². The molecular weight excluding hydrogens is 296 g/mol. The van der Waals surface area contributed by atoms with Gasteiger partial charge in [-0.3, -0.25) is 0 Å². The van der Waals surface area contributed by atoms with E-state index in [9.17, 15) is 4.79 Å². The topological polar surface area (TPSA) is 81.5 Å². The Labute approximate surface area is 126 Å². The Balaban J connectivity index is 2.63. The normalized spacial score (nSPS) is 10.2. The van der Waals surface area contributed by atoms with Crippen molar-refractivity contribution in [2.45, 2.75) is 6.92 Å². The smallest absolute Gasteiger partial charge is 0.354 e. The summed E-state index contributed by atoms with van der Waals surface area (Å²) in [6, 6.07) is 6.37. The van der Waals surface area contributed by atoms with E-state index in [2.05, 4.69) is 9.97 Å². The van der Waals surface area contributed by atoms with Crippen LogP contribution in [0, 0.1) is 0 Å². The maximum absolute atomic E-state index is 11.1. The second kappa shape index (κ2) is 6.41. The number of rotatable bonds is 5. The third-order valence-electron chi connectivity index (χ3n) is 2.64. The third-order valence-corrected chi connectivity index (χ3v) is 2.84. The molecule has 0 saturated carbocycles. The molecule has 0 saturated heterocycles. The summed E-state index contributed by atoms with van der Waals surface area (Å²) in [5.41, 5.74) is 0.330. The molecule has 110 valence electrons. The zero-order chi connectivity index (χ0) is 15.4. The summed E-state index contributed by atoms with van der Waals surface area (Å²) in [7, 11) is 1.52. The predicted octanol–water partition coefficient (Wildman–Crippen LogP) is 2.90. The lowest BCUT2D eigenvalue weighted by atomic mass is 10.1. The monoisotopic (exact) mass is 308 g/mol. The van der Waals surface area contributed by atoms with Crippen molar-refractivity contribution < 1.29 is 19.4 Å². The quantitative estimate of drug-likeness (QED) is 0.855. The van der Waals surface area contributed by atoms with E-state index in [0.717, 1.165) is 0 Å². The lowest BCUT2D eigenvalue weighted by Crippen LogP contribution is -2.05. The van der Waals surface area contributed by atoms with E-state index in [-0.39, 0.29) is 16.7 Å². The lowest BCUT2D eigenvalue weighted by molar-refractivity contribution is 0.0690. The number of aromatic nitrogens is 2. The van der Waals surface area contributed by atoms with Gasteiger partial charge in [-0.15, -0.1) is 0 Å². The predicted molar refractivity (Wildman–Crippen MR) is 77.2 cm³/mol. The van der Waals surface area contributed by atoms with E-state index in [1.807, 2.05) is 6.92 Å². The molecule has 0 aliphatic carbocycles. The van der Waals surface area contributed by atoms with Gasteiger partial charge in [0.1, 0.15) is 5.15 Å². The largest absolute Gasteiger partial charge is 0.493 e. The van der Waals surface area contributed by atoms with Crippen LogP contribution in [0.4, 0.5) is 0 Å². The first-order valence-corrected chi connectivity index (χ1v) is 6.52. The Morgan fingerprint density at radius 2 is 2.14 bits per heavy atom. The number of hydrogen-bond donors (Lipinski definition) is 1. The molecule has 0 atom stereocenters. The number of carbonyl (C=O) groups is 1. The van der Waals surface area contributed by atoms with E-state index >= 15 is 0 Å². The number of hydrogen-bond acceptors (Lipinski definition) is 5. The molecule has 0 spiro atoms. The Morgan fingerprint density at radius 3 is 2.76 bits per heavy atom. The number of carboxylic acid groups (broad SMARTS) is 1. The number of halogens is 1. The van der Waals surface area contributed by atoms with Crippen LogP contribution in [0.25, 0.3) is 11.4 Å². The number of benzene rings is 1. The molecule has 7 heteroatoms. The maximum atomic E-state index is 11.1. The van der Waals surface area contributed by atoms with Crippen LogP contribution in [-0.4, -0.2) is 34.8 Å². The molecule has 1 heterocycles. The zero-order valence-corrected chi connectivity index (χ0v) is 12.2. The third kappa shape index (κ3) is 3.22. The van der Waals surface area contributed by atoms with E-state index in [1.165, 1.54) is 13.2 Å². The van der Waals surface area contributed by atoms with Gasteiger partial charge in [-0.25, -0.2) is 14.8 Å². The number of para-hydroxylation sites is 1. The van der Waals surface area contributed by atoms with Crippen LogP contribution >= 0.6 is 11.6 Å². The van der Waals surface area contributed by atoms with Crippen molar-refractivity contribution in [1.82, 2.24) is 9.97 Å². The van der Waals surface area contributed by atoms with Crippen LogP contribution in [-0.2, 0) is 0 Å². The van der Waals surface area contributed by atoms with Gasteiger partial charge in [0.15, 0.2) is 23.0 Å². The molecule has 21 heavy (non-hydrogen) atoms. The summed E-state index contributed by atoms with van der Waals surface area (Å²) in [5, 5.41) is 9.09. The summed E-state index contributed by atoms with van der Waals surface area (Å²) < 4.78 is 10.8. The van der Waals surface area contributed by atoms with E-state index < -0.39 is 5.97 Å². The molecule has 0 radical (unpaired) electrons. The van der Waals surface area contributed by atoms with Crippen LogP contribution in [0.5, 0.6) is 11.5 Å². The minimum atomic E-state index is -1.18. The fourth-order valence-electron chi connectivity index (χ4n) is 1.79. The van der Waals surface area contributed by atoms with Gasteiger partial charge in [0.05, 0.1) is 19.3 Å². The van der Waals surface area contributed by atoms with Crippen LogP contribution in [0.15, 0.2) is 24.3 Å². The molecule has 0 amide bonds. The molecule has 6 nitrogen and oxygen atoms in total. The van der Waals surface area contributed by atoms with Crippen molar-refractivity contribution in [1.29, 1.82) is 0 Å². The molecule has 0 bridgehead atoms. The first-order chi connectivity index (χ1) is 10.1. The highest BCUT2D eigenvalue weighted by Crippen LogP contribution is 2.37. The van der Waals surface area contributed by atoms with Crippen LogP contribution < -0.4 is 9.47 Å². The Kier molecular flexibility index (Phi) is 4.59. The Morgan fingerprint density at radius 1 is 1.38 bits per heavy atom. The first kappa shape index (κ1) is 15.1. The van der Waals surface area contributed by atoms with Crippen LogP contribution in [0.2, 0.25) is 5.15 Å². The fourth-order valence-corrected chi connectivity index (χ4v) is 1.98. The van der Waals surface area contributed by atoms with Crippen molar-refractivity contribution >= 4 is 17.6 Å². The highest BCUT2D eigenvalue weighted by molar-refractivity contribution is 6.29. The minimum Gasteiger partial charge on any atom is -0.493 e. The summed E-state index contributed by atoms with van der Waals surface area (Å²) in [4.78, 5) is 19.1. The van der Waals surface area contributed by atoms with Gasteiger partial charge in [0.2, 0.25) is 0 Å². The number of methoxy groups -OCH3 is 1. The van der Waals surface area contributed by atoms with Crippen LogP contribution in [0.3, 0.4) is 0 Å². The van der Waals surface area contributed by atoms with Crippen molar-refractivity contribution in [2.75, 3.05) is 13.7 Å². The number of aromatic carboxylic acids is 1. The summed E-state index contributed by atoms with van der Waals surface area (Å²) in [6.07, 6.45) is 0. The second-order valence-electron chi connectivity index (χ2n) is 3.97. The molecule has 2 aromatic rings. The van der Waals surface area contributed by atoms with Gasteiger partial charge in [-0.2, -0.15) is 0 Å². The Hall–Kier alpha value is -2.34. The molecule has 1 aromatic carbocycles. The molecule has 0 unspecified atom stereocenters. The summed E-state index contributed by atoms with van der Waals surface area (Å²) in [5.74, 6) is -0.0560. The van der Waals surface area contributed by atoms with Gasteiger partial charge in [0.25, 0.3) is 0 Å². The number of carboxylic acids is 1. The second-order valence-corrected chi connectivity index (χ2v) is 4.36. The number of ether oxygens (including phenoxy) is 2. The highest BCUT2D eigenvalue weighted by Gasteiger charge is 2.17. The van der Waals surface area contributed by atoms with Gasteiger partial charge in [0, 0.05) is 6.07 Å². The van der Waals surface area contributed by atoms with Gasteiger partial charge < -0.3 is 14.6 Å². The first-order valence-electron chi connectivity index (χ1n) is 6.14. The van der Waals surface area contributed by atoms with Gasteiger partial charge in [-0.05, 0) is 19.1 Å². The molecule has 2 rings (SSSR count). The minimum absolute atomic E-state index is 0.0441. The van der Waals surface area contributed by atoms with Gasteiger partial charge >= 0.3 is 5.97 Å². The van der Waals surface area contributed by atoms with E-state index in [4.69, 9.17) is 26.2 Å². The molecular formula is C14H13ClN2O4.